The fourth-order valence-corrected chi connectivity index (χ4v) is 1.98. The van der Waals surface area contributed by atoms with E-state index in [1.807, 2.05) is 6.07 Å². The number of nitrogens with zero attached hydrogens (tertiary/aromatic N) is 2. The van der Waals surface area contributed by atoms with Crippen molar-refractivity contribution in [2.75, 3.05) is 32.9 Å². The van der Waals surface area contributed by atoms with Crippen LogP contribution in [0.1, 0.15) is 11.1 Å². The van der Waals surface area contributed by atoms with Gasteiger partial charge in [0.05, 0.1) is 0 Å². The van der Waals surface area contributed by atoms with E-state index in [2.05, 4.69) is 36.0 Å². The van der Waals surface area contributed by atoms with Gasteiger partial charge in [0.2, 0.25) is 0 Å². The van der Waals surface area contributed by atoms with Crippen molar-refractivity contribution in [2.24, 2.45) is 0 Å². The van der Waals surface area contributed by atoms with Crippen molar-refractivity contribution in [1.29, 1.82) is 0 Å². The first-order valence-corrected chi connectivity index (χ1v) is 5.39. The molecule has 0 aliphatic carbocycles. The first-order chi connectivity index (χ1) is 7.15. The molecule has 1 aliphatic rings. The first kappa shape index (κ1) is 10.5. The van der Waals surface area contributed by atoms with Gasteiger partial charge in [-0.15, -0.1) is 0 Å². The summed E-state index contributed by atoms with van der Waals surface area (Å²) >= 11 is 0. The lowest BCUT2D eigenvalue weighted by Crippen LogP contribution is -2.27. The molecule has 0 saturated carbocycles. The van der Waals surface area contributed by atoms with Crippen LogP contribution in [0.5, 0.6) is 0 Å². The molecule has 0 aromatic heterocycles. The summed E-state index contributed by atoms with van der Waals surface area (Å²) in [6, 6.07) is 6.25. The Hall–Kier alpha value is -1.06. The highest BCUT2D eigenvalue weighted by atomic mass is 15.2. The van der Waals surface area contributed by atoms with Gasteiger partial charge in [0.1, 0.15) is 0 Å². The number of benzene rings is 1. The van der Waals surface area contributed by atoms with Crippen molar-refractivity contribution < 1.29 is 0 Å². The minimum absolute atomic E-state index is 0.878. The Kier molecular flexibility index (Phi) is 2.93. The Labute approximate surface area is 91.5 Å². The molecule has 0 spiro atoms. The molecule has 15 heavy (non-hydrogen) atoms. The highest BCUT2D eigenvalue weighted by Gasteiger charge is 2.18. The summed E-state index contributed by atoms with van der Waals surface area (Å²) in [5.74, 6) is 0. The molecule has 82 valence electrons. The lowest BCUT2D eigenvalue weighted by atomic mass is 10.1. The predicted octanol–water partition coefficient (Wildman–Crippen LogP) is 1.15. The van der Waals surface area contributed by atoms with Crippen LogP contribution in [0.3, 0.4) is 0 Å². The van der Waals surface area contributed by atoms with E-state index in [-0.39, 0.29) is 0 Å². The summed E-state index contributed by atoms with van der Waals surface area (Å²) < 4.78 is 0. The lowest BCUT2D eigenvalue weighted by Gasteiger charge is -2.17. The molecule has 1 aliphatic heterocycles. The number of anilines is 1. The summed E-state index contributed by atoms with van der Waals surface area (Å²) in [5.41, 5.74) is 9.48. The molecular formula is C12H19N3. The fraction of sp³-hybridized carbons (Fsp3) is 0.500. The van der Waals surface area contributed by atoms with Crippen molar-refractivity contribution in [3.05, 3.63) is 29.3 Å². The van der Waals surface area contributed by atoms with Crippen molar-refractivity contribution >= 4 is 5.69 Å². The summed E-state index contributed by atoms with van der Waals surface area (Å²) in [7, 11) is 4.22. The SMILES string of the molecule is CN(C)CCN1Cc2ccc(N)cc2C1. The van der Waals surface area contributed by atoms with E-state index in [0.717, 1.165) is 31.9 Å². The molecule has 0 bridgehead atoms. The van der Waals surface area contributed by atoms with Crippen molar-refractivity contribution in [3.8, 4) is 0 Å². The highest BCUT2D eigenvalue weighted by molar-refractivity contribution is 5.46. The van der Waals surface area contributed by atoms with Gasteiger partial charge in [0.15, 0.2) is 0 Å². The van der Waals surface area contributed by atoms with Gasteiger partial charge in [-0.2, -0.15) is 0 Å². The average Bonchev–Trinajstić information content (AvgIpc) is 2.56. The smallest absolute Gasteiger partial charge is 0.0317 e. The van der Waals surface area contributed by atoms with Crippen molar-refractivity contribution in [2.45, 2.75) is 13.1 Å². The van der Waals surface area contributed by atoms with E-state index in [0.29, 0.717) is 0 Å². The Morgan fingerprint density at radius 3 is 2.73 bits per heavy atom. The van der Waals surface area contributed by atoms with Crippen molar-refractivity contribution in [1.82, 2.24) is 9.80 Å². The van der Waals surface area contributed by atoms with Crippen molar-refractivity contribution in [3.63, 3.8) is 0 Å². The molecule has 0 saturated heterocycles. The number of hydrogen-bond acceptors (Lipinski definition) is 3. The first-order valence-electron chi connectivity index (χ1n) is 5.39. The number of rotatable bonds is 3. The molecule has 2 N–H and O–H groups in total. The zero-order valence-corrected chi connectivity index (χ0v) is 9.53. The molecule has 1 aromatic rings. The van der Waals surface area contributed by atoms with Gasteiger partial charge in [-0.1, -0.05) is 6.07 Å². The minimum atomic E-state index is 0.878. The highest BCUT2D eigenvalue weighted by Crippen LogP contribution is 2.24. The normalized spacial score (nSPS) is 15.9. The number of hydrogen-bond donors (Lipinski definition) is 1. The average molecular weight is 205 g/mol. The molecule has 1 heterocycles. The maximum atomic E-state index is 5.77. The molecule has 0 unspecified atom stereocenters. The van der Waals surface area contributed by atoms with Gasteiger partial charge >= 0.3 is 0 Å². The number of nitrogens with two attached hydrogens (primary N) is 1. The largest absolute Gasteiger partial charge is 0.399 e. The van der Waals surface area contributed by atoms with Gasteiger partial charge in [-0.3, -0.25) is 4.90 Å². The van der Waals surface area contributed by atoms with Crippen LogP contribution in [-0.4, -0.2) is 37.0 Å². The van der Waals surface area contributed by atoms with Crippen LogP contribution < -0.4 is 5.73 Å². The second-order valence-corrected chi connectivity index (χ2v) is 4.54. The third-order valence-electron chi connectivity index (χ3n) is 2.88. The molecule has 0 amide bonds. The standard InChI is InChI=1S/C12H19N3/c1-14(2)5-6-15-8-10-3-4-12(13)7-11(10)9-15/h3-4,7H,5-6,8-9,13H2,1-2H3. The van der Waals surface area contributed by atoms with Crippen LogP contribution in [0.15, 0.2) is 18.2 Å². The molecule has 0 atom stereocenters. The molecule has 0 fully saturated rings. The van der Waals surface area contributed by atoms with E-state index >= 15 is 0 Å². The zero-order chi connectivity index (χ0) is 10.8. The van der Waals surface area contributed by atoms with Crippen LogP contribution in [0.4, 0.5) is 5.69 Å². The van der Waals surface area contributed by atoms with E-state index in [1.165, 1.54) is 11.1 Å². The maximum Gasteiger partial charge on any atom is 0.0317 e. The summed E-state index contributed by atoms with van der Waals surface area (Å²) in [6.45, 7) is 4.36. The van der Waals surface area contributed by atoms with Gasteiger partial charge < -0.3 is 10.6 Å². The molecule has 2 rings (SSSR count). The number of likely N-dealkylation sites (N-methyl/N-ethyl adjacent to an activating group) is 1. The third kappa shape index (κ3) is 2.49. The molecule has 1 aromatic carbocycles. The summed E-state index contributed by atoms with van der Waals surface area (Å²) in [4.78, 5) is 4.68. The lowest BCUT2D eigenvalue weighted by molar-refractivity contribution is 0.246. The molecular weight excluding hydrogens is 186 g/mol. The van der Waals surface area contributed by atoms with E-state index in [9.17, 15) is 0 Å². The maximum absolute atomic E-state index is 5.77. The fourth-order valence-electron chi connectivity index (χ4n) is 1.98. The Morgan fingerprint density at radius 2 is 2.00 bits per heavy atom. The van der Waals surface area contributed by atoms with Crippen LogP contribution in [0.2, 0.25) is 0 Å². The Morgan fingerprint density at radius 1 is 1.27 bits per heavy atom. The Bertz CT molecular complexity index is 347. The Balaban J connectivity index is 1.97. The van der Waals surface area contributed by atoms with Crippen LogP contribution >= 0.6 is 0 Å². The summed E-state index contributed by atoms with van der Waals surface area (Å²) in [6.07, 6.45) is 0. The topological polar surface area (TPSA) is 32.5 Å². The van der Waals surface area contributed by atoms with Gasteiger partial charge in [0.25, 0.3) is 0 Å². The predicted molar refractivity (Wildman–Crippen MR) is 63.5 cm³/mol. The van der Waals surface area contributed by atoms with Crippen LogP contribution in [0, 0.1) is 0 Å². The molecule has 0 radical (unpaired) electrons. The zero-order valence-electron chi connectivity index (χ0n) is 9.53. The van der Waals surface area contributed by atoms with Crippen LogP contribution in [-0.2, 0) is 13.1 Å². The second-order valence-electron chi connectivity index (χ2n) is 4.54. The second kappa shape index (κ2) is 4.21. The number of fused-ring (bicyclic) bond motifs is 1. The van der Waals surface area contributed by atoms with E-state index in [1.54, 1.807) is 0 Å². The summed E-state index contributed by atoms with van der Waals surface area (Å²) in [5, 5.41) is 0. The quantitative estimate of drug-likeness (QED) is 0.751. The van der Waals surface area contributed by atoms with Gasteiger partial charge in [0, 0.05) is 31.9 Å². The number of nitrogen functional groups attached to an aromatic ring is 1. The van der Waals surface area contributed by atoms with E-state index in [4.69, 9.17) is 5.73 Å². The van der Waals surface area contributed by atoms with Crippen LogP contribution in [0.25, 0.3) is 0 Å². The monoisotopic (exact) mass is 205 g/mol. The third-order valence-corrected chi connectivity index (χ3v) is 2.88. The van der Waals surface area contributed by atoms with E-state index < -0.39 is 0 Å². The molecule has 3 heteroatoms. The molecule has 3 nitrogen and oxygen atoms in total. The minimum Gasteiger partial charge on any atom is -0.399 e. The van der Waals surface area contributed by atoms with Gasteiger partial charge in [-0.05, 0) is 37.4 Å². The van der Waals surface area contributed by atoms with Gasteiger partial charge in [-0.25, -0.2) is 0 Å².